The van der Waals surface area contributed by atoms with Gasteiger partial charge in [-0.3, -0.25) is 4.79 Å². The number of carbonyl (C=O) groups is 1. The first-order valence-electron chi connectivity index (χ1n) is 11.6. The van der Waals surface area contributed by atoms with Gasteiger partial charge in [-0.2, -0.15) is 0 Å². The summed E-state index contributed by atoms with van der Waals surface area (Å²) in [5.74, 6) is 1.82. The van der Waals surface area contributed by atoms with Crippen LogP contribution in [0.5, 0.6) is 0 Å². The second-order valence-corrected chi connectivity index (χ2v) is 8.94. The van der Waals surface area contributed by atoms with E-state index in [1.807, 2.05) is 0 Å². The van der Waals surface area contributed by atoms with E-state index in [9.17, 15) is 4.79 Å². The van der Waals surface area contributed by atoms with E-state index in [0.29, 0.717) is 11.9 Å². The Hall–Kier alpha value is -2.62. The molecule has 2 fully saturated rings. The van der Waals surface area contributed by atoms with Crippen molar-refractivity contribution in [1.29, 1.82) is 0 Å². The number of piperidine rings is 1. The molecule has 5 rings (SSSR count). The van der Waals surface area contributed by atoms with Gasteiger partial charge in [-0.05, 0) is 43.4 Å². The Balaban J connectivity index is 1.36. The first kappa shape index (κ1) is 19.3. The third-order valence-electron chi connectivity index (χ3n) is 6.97. The van der Waals surface area contributed by atoms with Crippen molar-refractivity contribution in [2.75, 3.05) is 13.1 Å². The normalized spacial score (nSPS) is 18.7. The maximum Gasteiger partial charge on any atom is 0.225 e. The lowest BCUT2D eigenvalue weighted by molar-refractivity contribution is -0.137. The molecule has 1 aromatic heterocycles. The number of imidazole rings is 1. The number of carbonyl (C=O) groups excluding carboxylic acids is 1. The van der Waals surface area contributed by atoms with E-state index >= 15 is 0 Å². The predicted molar refractivity (Wildman–Crippen MR) is 120 cm³/mol. The molecule has 0 bridgehead atoms. The fourth-order valence-electron chi connectivity index (χ4n) is 5.36. The first-order chi connectivity index (χ1) is 14.8. The zero-order valence-corrected chi connectivity index (χ0v) is 17.7. The number of aromatic nitrogens is 2. The van der Waals surface area contributed by atoms with Crippen LogP contribution in [0.25, 0.3) is 11.0 Å². The minimum atomic E-state index is 0.276. The van der Waals surface area contributed by atoms with Gasteiger partial charge in [0.25, 0.3) is 0 Å². The van der Waals surface area contributed by atoms with Gasteiger partial charge in [-0.25, -0.2) is 4.98 Å². The van der Waals surface area contributed by atoms with E-state index in [-0.39, 0.29) is 5.92 Å². The molecular weight excluding hydrogens is 370 g/mol. The zero-order chi connectivity index (χ0) is 20.3. The minimum absolute atomic E-state index is 0.276. The SMILES string of the molecule is O=C(C1CCCCC1)N1CCC(n2c(Cc3ccccc3)nc3ccccc32)CC1. The first-order valence-corrected chi connectivity index (χ1v) is 11.6. The molecule has 0 spiro atoms. The molecule has 3 aromatic rings. The van der Waals surface area contributed by atoms with Gasteiger partial charge in [0.2, 0.25) is 5.91 Å². The summed E-state index contributed by atoms with van der Waals surface area (Å²) in [7, 11) is 0. The van der Waals surface area contributed by atoms with Crippen molar-refractivity contribution in [2.45, 2.75) is 57.4 Å². The minimum Gasteiger partial charge on any atom is -0.342 e. The van der Waals surface area contributed by atoms with Gasteiger partial charge in [0.05, 0.1) is 11.0 Å². The van der Waals surface area contributed by atoms with E-state index in [1.54, 1.807) is 0 Å². The molecule has 156 valence electrons. The predicted octanol–water partition coefficient (Wildman–Crippen LogP) is 5.37. The van der Waals surface area contributed by atoms with Crippen molar-refractivity contribution in [3.05, 3.63) is 66.0 Å². The van der Waals surface area contributed by atoms with Crippen molar-refractivity contribution in [3.8, 4) is 0 Å². The Bertz CT molecular complexity index is 996. The molecule has 0 N–H and O–H groups in total. The van der Waals surface area contributed by atoms with Crippen molar-refractivity contribution < 1.29 is 4.79 Å². The Morgan fingerprint density at radius 3 is 2.33 bits per heavy atom. The quantitative estimate of drug-likeness (QED) is 0.589. The van der Waals surface area contributed by atoms with E-state index in [1.165, 1.54) is 30.3 Å². The number of hydrogen-bond acceptors (Lipinski definition) is 2. The van der Waals surface area contributed by atoms with Crippen molar-refractivity contribution in [1.82, 2.24) is 14.5 Å². The molecule has 1 aliphatic heterocycles. The van der Waals surface area contributed by atoms with E-state index in [0.717, 1.165) is 56.5 Å². The third kappa shape index (κ3) is 3.88. The standard InChI is InChI=1S/C26H31N3O/c30-26(21-11-5-2-6-12-21)28-17-15-22(16-18-28)29-24-14-8-7-13-23(24)27-25(29)19-20-9-3-1-4-10-20/h1,3-4,7-10,13-14,21-22H,2,5-6,11-12,15-19H2. The summed E-state index contributed by atoms with van der Waals surface area (Å²) >= 11 is 0. The lowest BCUT2D eigenvalue weighted by Crippen LogP contribution is -2.42. The van der Waals surface area contributed by atoms with Crippen LogP contribution in [0.3, 0.4) is 0 Å². The molecule has 1 saturated heterocycles. The Labute approximate surface area is 178 Å². The molecule has 1 amide bonds. The number of para-hydroxylation sites is 2. The summed E-state index contributed by atoms with van der Waals surface area (Å²) in [6.07, 6.45) is 8.79. The maximum absolute atomic E-state index is 13.0. The fourth-order valence-corrected chi connectivity index (χ4v) is 5.36. The molecule has 30 heavy (non-hydrogen) atoms. The Morgan fingerprint density at radius 1 is 0.867 bits per heavy atom. The van der Waals surface area contributed by atoms with Gasteiger partial charge in [0.15, 0.2) is 0 Å². The number of benzene rings is 2. The largest absolute Gasteiger partial charge is 0.342 e. The number of amides is 1. The summed E-state index contributed by atoms with van der Waals surface area (Å²) in [4.78, 5) is 20.1. The lowest BCUT2D eigenvalue weighted by atomic mass is 9.87. The van der Waals surface area contributed by atoms with E-state index < -0.39 is 0 Å². The highest BCUT2D eigenvalue weighted by Gasteiger charge is 2.30. The average molecular weight is 402 g/mol. The summed E-state index contributed by atoms with van der Waals surface area (Å²) in [6, 6.07) is 19.5. The van der Waals surface area contributed by atoms with Gasteiger partial charge < -0.3 is 9.47 Å². The molecule has 1 saturated carbocycles. The topological polar surface area (TPSA) is 38.1 Å². The highest BCUT2D eigenvalue weighted by atomic mass is 16.2. The highest BCUT2D eigenvalue weighted by Crippen LogP contribution is 2.32. The Morgan fingerprint density at radius 2 is 1.57 bits per heavy atom. The van der Waals surface area contributed by atoms with Gasteiger partial charge in [-0.15, -0.1) is 0 Å². The van der Waals surface area contributed by atoms with Crippen molar-refractivity contribution in [2.24, 2.45) is 5.92 Å². The highest BCUT2D eigenvalue weighted by molar-refractivity contribution is 5.79. The summed E-state index contributed by atoms with van der Waals surface area (Å²) in [6.45, 7) is 1.74. The number of nitrogens with zero attached hydrogens (tertiary/aromatic N) is 3. The van der Waals surface area contributed by atoms with Crippen LogP contribution in [0, 0.1) is 5.92 Å². The van der Waals surface area contributed by atoms with E-state index in [2.05, 4.69) is 64.1 Å². The Kier molecular flexibility index (Phi) is 5.56. The molecule has 1 aliphatic carbocycles. The summed E-state index contributed by atoms with van der Waals surface area (Å²) in [5, 5.41) is 0. The van der Waals surface area contributed by atoms with Crippen LogP contribution in [0.2, 0.25) is 0 Å². The maximum atomic E-state index is 13.0. The van der Waals surface area contributed by atoms with Crippen LogP contribution in [0.15, 0.2) is 54.6 Å². The average Bonchev–Trinajstić information content (AvgIpc) is 3.17. The lowest BCUT2D eigenvalue weighted by Gasteiger charge is -2.36. The zero-order valence-electron chi connectivity index (χ0n) is 17.7. The number of fused-ring (bicyclic) bond motifs is 1. The summed E-state index contributed by atoms with van der Waals surface area (Å²) < 4.78 is 2.46. The summed E-state index contributed by atoms with van der Waals surface area (Å²) in [5.41, 5.74) is 3.59. The van der Waals surface area contributed by atoms with Crippen LogP contribution >= 0.6 is 0 Å². The number of rotatable bonds is 4. The smallest absolute Gasteiger partial charge is 0.225 e. The van der Waals surface area contributed by atoms with E-state index in [4.69, 9.17) is 4.98 Å². The third-order valence-corrected chi connectivity index (χ3v) is 6.97. The molecule has 4 nitrogen and oxygen atoms in total. The molecule has 0 atom stereocenters. The van der Waals surface area contributed by atoms with Gasteiger partial charge in [0.1, 0.15) is 5.82 Å². The van der Waals surface area contributed by atoms with Crippen LogP contribution < -0.4 is 0 Å². The molecule has 0 radical (unpaired) electrons. The van der Waals surface area contributed by atoms with Crippen LogP contribution in [0.4, 0.5) is 0 Å². The molecule has 2 heterocycles. The second-order valence-electron chi connectivity index (χ2n) is 8.94. The van der Waals surface area contributed by atoms with Crippen molar-refractivity contribution >= 4 is 16.9 Å². The van der Waals surface area contributed by atoms with Gasteiger partial charge >= 0.3 is 0 Å². The fraction of sp³-hybridized carbons (Fsp3) is 0.462. The molecule has 0 unspecified atom stereocenters. The number of hydrogen-bond donors (Lipinski definition) is 0. The molecule has 4 heteroatoms. The molecule has 2 aliphatic rings. The van der Waals surface area contributed by atoms with Crippen LogP contribution in [-0.4, -0.2) is 33.4 Å². The van der Waals surface area contributed by atoms with Crippen molar-refractivity contribution in [3.63, 3.8) is 0 Å². The van der Waals surface area contributed by atoms with Crippen LogP contribution in [0.1, 0.15) is 62.4 Å². The monoisotopic (exact) mass is 401 g/mol. The van der Waals surface area contributed by atoms with Gasteiger partial charge in [0, 0.05) is 31.5 Å². The molecule has 2 aromatic carbocycles. The van der Waals surface area contributed by atoms with Crippen LogP contribution in [-0.2, 0) is 11.2 Å². The van der Waals surface area contributed by atoms with Gasteiger partial charge in [-0.1, -0.05) is 61.7 Å². The molecular formula is C26H31N3O. The second kappa shape index (κ2) is 8.63. The number of likely N-dealkylation sites (tertiary alicyclic amines) is 1.